The minimum absolute atomic E-state index is 0.138. The van der Waals surface area contributed by atoms with Crippen LogP contribution in [0.15, 0.2) is 24.3 Å². The zero-order valence-corrected chi connectivity index (χ0v) is 6.57. The van der Waals surface area contributed by atoms with Crippen LogP contribution in [0.2, 0.25) is 0 Å². The molecule has 1 aromatic carbocycles. The molecule has 0 aliphatic carbocycles. The highest BCUT2D eigenvalue weighted by Gasteiger charge is 2.08. The van der Waals surface area contributed by atoms with Gasteiger partial charge >= 0.3 is 0 Å². The van der Waals surface area contributed by atoms with Crippen molar-refractivity contribution in [2.24, 2.45) is 5.73 Å². The fourth-order valence-electron chi connectivity index (χ4n) is 1.02. The number of benzene rings is 1. The standard InChI is InChI=1S/C9H10N2O/c10-5-7-3-1-2-4-8(7)9(12)6-11/h1-4,9,12H,6,11H2/t9-/m1/s1. The second kappa shape index (κ2) is 3.86. The summed E-state index contributed by atoms with van der Waals surface area (Å²) >= 11 is 0. The molecule has 1 aromatic rings. The number of aliphatic hydroxyl groups excluding tert-OH is 1. The predicted octanol–water partition coefficient (Wildman–Crippen LogP) is 0.550. The highest BCUT2D eigenvalue weighted by molar-refractivity contribution is 5.38. The lowest BCUT2D eigenvalue weighted by Crippen LogP contribution is -2.12. The quantitative estimate of drug-likeness (QED) is 0.667. The van der Waals surface area contributed by atoms with E-state index in [1.54, 1.807) is 24.3 Å². The van der Waals surface area contributed by atoms with Crippen molar-refractivity contribution in [3.05, 3.63) is 35.4 Å². The summed E-state index contributed by atoms with van der Waals surface area (Å²) in [7, 11) is 0. The van der Waals surface area contributed by atoms with Crippen molar-refractivity contribution in [1.29, 1.82) is 5.26 Å². The van der Waals surface area contributed by atoms with Crippen molar-refractivity contribution in [2.45, 2.75) is 6.10 Å². The SMILES string of the molecule is N#Cc1ccccc1[C@H](O)CN. The van der Waals surface area contributed by atoms with Crippen LogP contribution in [0, 0.1) is 11.3 Å². The Morgan fingerprint density at radius 1 is 1.50 bits per heavy atom. The number of hydrogen-bond acceptors (Lipinski definition) is 3. The Balaban J connectivity index is 3.07. The van der Waals surface area contributed by atoms with Crippen molar-refractivity contribution in [1.82, 2.24) is 0 Å². The van der Waals surface area contributed by atoms with Gasteiger partial charge in [-0.2, -0.15) is 5.26 Å². The summed E-state index contributed by atoms with van der Waals surface area (Å²) < 4.78 is 0. The maximum atomic E-state index is 9.37. The van der Waals surface area contributed by atoms with Gasteiger partial charge in [0.2, 0.25) is 0 Å². The molecule has 0 aromatic heterocycles. The van der Waals surface area contributed by atoms with Gasteiger partial charge in [0.25, 0.3) is 0 Å². The summed E-state index contributed by atoms with van der Waals surface area (Å²) in [6, 6.07) is 8.89. The highest BCUT2D eigenvalue weighted by atomic mass is 16.3. The summed E-state index contributed by atoms with van der Waals surface area (Å²) in [5, 5.41) is 18.0. The first-order chi connectivity index (χ1) is 5.79. The fraction of sp³-hybridized carbons (Fsp3) is 0.222. The van der Waals surface area contributed by atoms with Crippen LogP contribution >= 0.6 is 0 Å². The predicted molar refractivity (Wildman–Crippen MR) is 45.2 cm³/mol. The zero-order chi connectivity index (χ0) is 8.97. The van der Waals surface area contributed by atoms with Crippen LogP contribution in [-0.2, 0) is 0 Å². The molecule has 0 radical (unpaired) electrons. The van der Waals surface area contributed by atoms with Crippen LogP contribution in [-0.4, -0.2) is 11.7 Å². The molecule has 0 spiro atoms. The van der Waals surface area contributed by atoms with Gasteiger partial charge in [-0.15, -0.1) is 0 Å². The van der Waals surface area contributed by atoms with Crippen LogP contribution in [0.3, 0.4) is 0 Å². The first kappa shape index (κ1) is 8.72. The molecule has 3 nitrogen and oxygen atoms in total. The lowest BCUT2D eigenvalue weighted by molar-refractivity contribution is 0.186. The van der Waals surface area contributed by atoms with Crippen molar-refractivity contribution in [3.63, 3.8) is 0 Å². The van der Waals surface area contributed by atoms with Crippen LogP contribution in [0.4, 0.5) is 0 Å². The van der Waals surface area contributed by atoms with E-state index in [0.29, 0.717) is 11.1 Å². The molecule has 1 atom stereocenters. The Hall–Kier alpha value is -1.37. The van der Waals surface area contributed by atoms with Crippen LogP contribution < -0.4 is 5.73 Å². The number of hydrogen-bond donors (Lipinski definition) is 2. The zero-order valence-electron chi connectivity index (χ0n) is 6.57. The van der Waals surface area contributed by atoms with Crippen molar-refractivity contribution >= 4 is 0 Å². The number of rotatable bonds is 2. The molecule has 0 fully saturated rings. The van der Waals surface area contributed by atoms with Gasteiger partial charge < -0.3 is 10.8 Å². The highest BCUT2D eigenvalue weighted by Crippen LogP contribution is 2.15. The summed E-state index contributed by atoms with van der Waals surface area (Å²) in [6.07, 6.45) is -0.735. The molecular weight excluding hydrogens is 152 g/mol. The molecular formula is C9H10N2O. The van der Waals surface area contributed by atoms with Gasteiger partial charge in [0, 0.05) is 6.54 Å². The van der Waals surface area contributed by atoms with E-state index in [2.05, 4.69) is 0 Å². The Bertz CT molecular complexity index is 304. The van der Waals surface area contributed by atoms with Gasteiger partial charge in [0.05, 0.1) is 17.7 Å². The summed E-state index contributed by atoms with van der Waals surface area (Å²) in [4.78, 5) is 0. The second-order valence-electron chi connectivity index (χ2n) is 2.45. The van der Waals surface area contributed by atoms with Crippen molar-refractivity contribution < 1.29 is 5.11 Å². The minimum Gasteiger partial charge on any atom is -0.387 e. The molecule has 3 heteroatoms. The van der Waals surface area contributed by atoms with E-state index in [0.717, 1.165) is 0 Å². The van der Waals surface area contributed by atoms with Gasteiger partial charge in [-0.05, 0) is 11.6 Å². The molecule has 0 saturated heterocycles. The maximum Gasteiger partial charge on any atom is 0.0995 e. The van der Waals surface area contributed by atoms with Crippen LogP contribution in [0.25, 0.3) is 0 Å². The molecule has 12 heavy (non-hydrogen) atoms. The fourth-order valence-corrected chi connectivity index (χ4v) is 1.02. The van der Waals surface area contributed by atoms with Gasteiger partial charge in [-0.1, -0.05) is 18.2 Å². The first-order valence-electron chi connectivity index (χ1n) is 3.66. The van der Waals surface area contributed by atoms with Crippen LogP contribution in [0.1, 0.15) is 17.2 Å². The summed E-state index contributed by atoms with van der Waals surface area (Å²) in [6.45, 7) is 0.138. The molecule has 0 aliphatic heterocycles. The van der Waals surface area contributed by atoms with Gasteiger partial charge in [0.1, 0.15) is 0 Å². The lowest BCUT2D eigenvalue weighted by atomic mass is 10.0. The van der Waals surface area contributed by atoms with E-state index in [-0.39, 0.29) is 6.54 Å². The molecule has 0 aliphatic rings. The van der Waals surface area contributed by atoms with Gasteiger partial charge in [-0.3, -0.25) is 0 Å². The number of aliphatic hydroxyl groups is 1. The molecule has 0 saturated carbocycles. The number of nitrogens with zero attached hydrogens (tertiary/aromatic N) is 1. The Labute approximate surface area is 71.1 Å². The molecule has 0 bridgehead atoms. The van der Waals surface area contributed by atoms with E-state index < -0.39 is 6.10 Å². The monoisotopic (exact) mass is 162 g/mol. The molecule has 62 valence electrons. The van der Waals surface area contributed by atoms with Crippen molar-refractivity contribution in [3.8, 4) is 6.07 Å². The topological polar surface area (TPSA) is 70.0 Å². The maximum absolute atomic E-state index is 9.37. The Morgan fingerprint density at radius 2 is 2.17 bits per heavy atom. The van der Waals surface area contributed by atoms with E-state index >= 15 is 0 Å². The third kappa shape index (κ3) is 1.62. The normalized spacial score (nSPS) is 12.1. The van der Waals surface area contributed by atoms with E-state index in [1.165, 1.54) is 0 Å². The van der Waals surface area contributed by atoms with E-state index in [4.69, 9.17) is 11.0 Å². The molecule has 0 unspecified atom stereocenters. The van der Waals surface area contributed by atoms with E-state index in [1.807, 2.05) is 6.07 Å². The largest absolute Gasteiger partial charge is 0.387 e. The van der Waals surface area contributed by atoms with Crippen LogP contribution in [0.5, 0.6) is 0 Å². The first-order valence-corrected chi connectivity index (χ1v) is 3.66. The smallest absolute Gasteiger partial charge is 0.0995 e. The third-order valence-corrected chi connectivity index (χ3v) is 1.66. The number of nitrogens with two attached hydrogens (primary N) is 1. The van der Waals surface area contributed by atoms with Crippen molar-refractivity contribution in [2.75, 3.05) is 6.54 Å². The van der Waals surface area contributed by atoms with Gasteiger partial charge in [-0.25, -0.2) is 0 Å². The Kier molecular flexibility index (Phi) is 2.81. The summed E-state index contributed by atoms with van der Waals surface area (Å²) in [5.74, 6) is 0. The molecule has 1 rings (SSSR count). The average molecular weight is 162 g/mol. The number of nitriles is 1. The molecule has 0 amide bonds. The van der Waals surface area contributed by atoms with Gasteiger partial charge in [0.15, 0.2) is 0 Å². The van der Waals surface area contributed by atoms with E-state index in [9.17, 15) is 5.11 Å². The Morgan fingerprint density at radius 3 is 2.75 bits per heavy atom. The molecule has 3 N–H and O–H groups in total. The minimum atomic E-state index is -0.735. The second-order valence-corrected chi connectivity index (χ2v) is 2.45. The molecule has 0 heterocycles. The summed E-state index contributed by atoms with van der Waals surface area (Å²) in [5.41, 5.74) is 6.35. The lowest BCUT2D eigenvalue weighted by Gasteiger charge is -2.08. The average Bonchev–Trinajstić information content (AvgIpc) is 2.16. The third-order valence-electron chi connectivity index (χ3n) is 1.66.